The topological polar surface area (TPSA) is 73.7 Å². The monoisotopic (exact) mass is 317 g/mol. The van der Waals surface area contributed by atoms with E-state index in [9.17, 15) is 9.59 Å². The molecule has 2 amide bonds. The average Bonchev–Trinajstić information content (AvgIpc) is 2.59. The van der Waals surface area contributed by atoms with E-state index in [-0.39, 0.29) is 17.2 Å². The summed E-state index contributed by atoms with van der Waals surface area (Å²) in [7, 11) is 0. The van der Waals surface area contributed by atoms with Crippen molar-refractivity contribution in [3.05, 3.63) is 30.1 Å². The molecule has 124 valence electrons. The van der Waals surface area contributed by atoms with Gasteiger partial charge in [-0.15, -0.1) is 0 Å². The van der Waals surface area contributed by atoms with Crippen LogP contribution in [0.2, 0.25) is 0 Å². The second-order valence-electron chi connectivity index (χ2n) is 6.65. The van der Waals surface area contributed by atoms with Crippen LogP contribution in [-0.2, 0) is 16.1 Å². The molecule has 3 rings (SSSR count). The summed E-state index contributed by atoms with van der Waals surface area (Å²) in [5.74, 6) is -0.0517. The molecule has 1 atom stereocenters. The lowest BCUT2D eigenvalue weighted by Gasteiger charge is -2.48. The Labute approximate surface area is 136 Å². The number of likely N-dealkylation sites (tertiary alicyclic amines) is 2. The maximum atomic E-state index is 12.3. The molecule has 2 aliphatic heterocycles. The number of aliphatic hydroxyl groups excluding tert-OH is 1. The molecular weight excluding hydrogens is 294 g/mol. The highest BCUT2D eigenvalue weighted by Gasteiger charge is 2.42. The van der Waals surface area contributed by atoms with Crippen molar-refractivity contribution in [2.24, 2.45) is 5.41 Å². The Morgan fingerprint density at radius 2 is 2.17 bits per heavy atom. The zero-order valence-corrected chi connectivity index (χ0v) is 13.3. The molecule has 3 heterocycles. The molecule has 0 saturated carbocycles. The Hall–Kier alpha value is -1.95. The summed E-state index contributed by atoms with van der Waals surface area (Å²) in [6.07, 6.45) is 5.03. The average molecular weight is 317 g/mol. The van der Waals surface area contributed by atoms with Crippen LogP contribution in [0.4, 0.5) is 0 Å². The van der Waals surface area contributed by atoms with Crippen molar-refractivity contribution >= 4 is 11.8 Å². The first-order valence-corrected chi connectivity index (χ1v) is 8.18. The minimum atomic E-state index is -0.438. The molecule has 2 aliphatic rings. The van der Waals surface area contributed by atoms with Gasteiger partial charge in [-0.2, -0.15) is 0 Å². The fraction of sp³-hybridized carbons (Fsp3) is 0.588. The van der Waals surface area contributed by atoms with Crippen molar-refractivity contribution in [1.82, 2.24) is 14.8 Å². The molecule has 0 radical (unpaired) electrons. The van der Waals surface area contributed by atoms with E-state index in [0.717, 1.165) is 25.0 Å². The molecule has 0 bridgehead atoms. The number of amides is 2. The largest absolute Gasteiger partial charge is 0.387 e. The van der Waals surface area contributed by atoms with Gasteiger partial charge in [0, 0.05) is 37.7 Å². The molecule has 0 aliphatic carbocycles. The van der Waals surface area contributed by atoms with Gasteiger partial charge in [-0.05, 0) is 31.4 Å². The molecule has 0 aromatic carbocycles. The van der Waals surface area contributed by atoms with Gasteiger partial charge in [-0.3, -0.25) is 14.6 Å². The number of hydrogen-bond acceptors (Lipinski definition) is 4. The summed E-state index contributed by atoms with van der Waals surface area (Å²) in [6, 6.07) is 5.72. The van der Waals surface area contributed by atoms with Gasteiger partial charge in [0.05, 0.1) is 12.2 Å². The molecule has 1 N–H and O–H groups in total. The van der Waals surface area contributed by atoms with Gasteiger partial charge in [0.1, 0.15) is 6.61 Å². The van der Waals surface area contributed by atoms with Gasteiger partial charge in [-0.25, -0.2) is 0 Å². The van der Waals surface area contributed by atoms with Gasteiger partial charge >= 0.3 is 0 Å². The molecule has 6 heteroatoms. The van der Waals surface area contributed by atoms with Crippen molar-refractivity contribution in [2.45, 2.75) is 32.2 Å². The van der Waals surface area contributed by atoms with E-state index in [1.807, 2.05) is 23.1 Å². The Balaban J connectivity index is 1.71. The fourth-order valence-corrected chi connectivity index (χ4v) is 3.79. The van der Waals surface area contributed by atoms with Crippen LogP contribution in [0.1, 0.15) is 31.4 Å². The third-order valence-electron chi connectivity index (χ3n) is 4.98. The molecule has 1 aromatic heterocycles. The summed E-state index contributed by atoms with van der Waals surface area (Å²) < 4.78 is 0. The van der Waals surface area contributed by atoms with Gasteiger partial charge < -0.3 is 14.9 Å². The molecule has 1 unspecified atom stereocenters. The van der Waals surface area contributed by atoms with Crippen LogP contribution in [0.5, 0.6) is 0 Å². The predicted octanol–water partition coefficient (Wildman–Crippen LogP) is 0.805. The number of pyridine rings is 1. The first-order valence-electron chi connectivity index (χ1n) is 8.18. The number of nitrogens with zero attached hydrogens (tertiary/aromatic N) is 3. The smallest absolute Gasteiger partial charge is 0.248 e. The standard InChI is InChI=1S/C17H23N3O3/c21-11-16(23)19-9-3-6-17(12-19)7-5-15(22)20(13-17)10-14-4-1-2-8-18-14/h1-2,4,8,21H,3,5-7,9-13H2. The number of aliphatic hydroxyl groups is 1. The van der Waals surface area contributed by atoms with Crippen LogP contribution >= 0.6 is 0 Å². The zero-order valence-electron chi connectivity index (χ0n) is 13.3. The molecule has 2 fully saturated rings. The van der Waals surface area contributed by atoms with Gasteiger partial charge in [-0.1, -0.05) is 6.07 Å². The predicted molar refractivity (Wildman–Crippen MR) is 84.2 cm³/mol. The zero-order chi connectivity index (χ0) is 16.3. The van der Waals surface area contributed by atoms with E-state index in [2.05, 4.69) is 4.98 Å². The van der Waals surface area contributed by atoms with Gasteiger partial charge in [0.15, 0.2) is 0 Å². The Morgan fingerprint density at radius 1 is 1.30 bits per heavy atom. The summed E-state index contributed by atoms with van der Waals surface area (Å²) in [6.45, 7) is 2.09. The number of carbonyl (C=O) groups excluding carboxylic acids is 2. The van der Waals surface area contributed by atoms with Crippen LogP contribution < -0.4 is 0 Å². The highest BCUT2D eigenvalue weighted by Crippen LogP contribution is 2.39. The maximum Gasteiger partial charge on any atom is 0.248 e. The first-order chi connectivity index (χ1) is 11.1. The summed E-state index contributed by atoms with van der Waals surface area (Å²) in [5.41, 5.74) is 0.850. The van der Waals surface area contributed by atoms with E-state index in [0.29, 0.717) is 32.6 Å². The van der Waals surface area contributed by atoms with Crippen LogP contribution in [-0.4, -0.2) is 57.9 Å². The molecule has 2 saturated heterocycles. The molecule has 1 spiro atoms. The second-order valence-corrected chi connectivity index (χ2v) is 6.65. The molecule has 1 aromatic rings. The molecule has 23 heavy (non-hydrogen) atoms. The van der Waals surface area contributed by atoms with Crippen molar-refractivity contribution < 1.29 is 14.7 Å². The van der Waals surface area contributed by atoms with E-state index in [4.69, 9.17) is 5.11 Å². The van der Waals surface area contributed by atoms with Crippen molar-refractivity contribution in [1.29, 1.82) is 0 Å². The third kappa shape index (κ3) is 3.52. The molecule has 6 nitrogen and oxygen atoms in total. The fourth-order valence-electron chi connectivity index (χ4n) is 3.79. The van der Waals surface area contributed by atoms with E-state index in [1.54, 1.807) is 11.1 Å². The second kappa shape index (κ2) is 6.66. The van der Waals surface area contributed by atoms with Crippen LogP contribution in [0, 0.1) is 5.41 Å². The lowest BCUT2D eigenvalue weighted by molar-refractivity contribution is -0.145. The Bertz CT molecular complexity index is 578. The number of rotatable bonds is 3. The summed E-state index contributed by atoms with van der Waals surface area (Å²) >= 11 is 0. The summed E-state index contributed by atoms with van der Waals surface area (Å²) in [4.78, 5) is 32.0. The summed E-state index contributed by atoms with van der Waals surface area (Å²) in [5, 5.41) is 9.10. The lowest BCUT2D eigenvalue weighted by atomic mass is 9.73. The molecular formula is C17H23N3O3. The highest BCUT2D eigenvalue weighted by molar-refractivity contribution is 5.78. The maximum absolute atomic E-state index is 12.3. The van der Waals surface area contributed by atoms with Crippen LogP contribution in [0.25, 0.3) is 0 Å². The van der Waals surface area contributed by atoms with Crippen molar-refractivity contribution in [3.63, 3.8) is 0 Å². The minimum Gasteiger partial charge on any atom is -0.387 e. The van der Waals surface area contributed by atoms with E-state index < -0.39 is 6.61 Å². The van der Waals surface area contributed by atoms with Crippen molar-refractivity contribution in [2.75, 3.05) is 26.2 Å². The third-order valence-corrected chi connectivity index (χ3v) is 4.98. The van der Waals surface area contributed by atoms with Crippen molar-refractivity contribution in [3.8, 4) is 0 Å². The van der Waals surface area contributed by atoms with E-state index >= 15 is 0 Å². The van der Waals surface area contributed by atoms with Crippen LogP contribution in [0.15, 0.2) is 24.4 Å². The van der Waals surface area contributed by atoms with Crippen LogP contribution in [0.3, 0.4) is 0 Å². The minimum absolute atomic E-state index is 0.0359. The number of piperidine rings is 2. The number of hydrogen-bond donors (Lipinski definition) is 1. The highest BCUT2D eigenvalue weighted by atomic mass is 16.3. The normalized spacial score (nSPS) is 25.0. The van der Waals surface area contributed by atoms with E-state index in [1.165, 1.54) is 0 Å². The Kier molecular flexibility index (Phi) is 4.61. The van der Waals surface area contributed by atoms with Gasteiger partial charge in [0.2, 0.25) is 11.8 Å². The number of carbonyl (C=O) groups is 2. The number of aromatic nitrogens is 1. The Morgan fingerprint density at radius 3 is 2.91 bits per heavy atom. The quantitative estimate of drug-likeness (QED) is 0.895. The van der Waals surface area contributed by atoms with Gasteiger partial charge in [0.25, 0.3) is 0 Å². The lowest BCUT2D eigenvalue weighted by Crippen LogP contribution is -2.55. The SMILES string of the molecule is O=C(CO)N1CCCC2(CCC(=O)N(Cc3ccccn3)C2)C1. The first kappa shape index (κ1) is 15.9.